The average Bonchev–Trinajstić information content (AvgIpc) is 2.86. The number of anilines is 1. The number of carbonyl (C=O) groups excluding carboxylic acids is 1. The van der Waals surface area contributed by atoms with Crippen molar-refractivity contribution in [2.45, 2.75) is 25.9 Å². The molecule has 0 aliphatic carbocycles. The molecule has 1 fully saturated rings. The van der Waals surface area contributed by atoms with Crippen LogP contribution in [0, 0.1) is 5.92 Å². The summed E-state index contributed by atoms with van der Waals surface area (Å²) < 4.78 is 5.60. The summed E-state index contributed by atoms with van der Waals surface area (Å²) in [6.07, 6.45) is 2.21. The molecule has 0 bridgehead atoms. The lowest BCUT2D eigenvalue weighted by Gasteiger charge is -2.17. The molecule has 2 unspecified atom stereocenters. The summed E-state index contributed by atoms with van der Waals surface area (Å²) >= 11 is 5.91. The second-order valence-electron chi connectivity index (χ2n) is 4.78. The quantitative estimate of drug-likeness (QED) is 0.834. The summed E-state index contributed by atoms with van der Waals surface area (Å²) in [6, 6.07) is 5.08. The van der Waals surface area contributed by atoms with Gasteiger partial charge in [-0.1, -0.05) is 24.6 Å². The van der Waals surface area contributed by atoms with Crippen LogP contribution in [0.1, 0.15) is 30.1 Å². The number of amides is 1. The molecule has 1 aliphatic heterocycles. The number of para-hydroxylation sites is 1. The molecule has 3 N–H and O–H groups in total. The largest absolute Gasteiger partial charge is 0.397 e. The monoisotopic (exact) mass is 282 g/mol. The van der Waals surface area contributed by atoms with Crippen LogP contribution in [0.3, 0.4) is 0 Å². The molecule has 4 nitrogen and oxygen atoms in total. The molecule has 1 aromatic rings. The highest BCUT2D eigenvalue weighted by Crippen LogP contribution is 2.24. The van der Waals surface area contributed by atoms with Gasteiger partial charge in [0.05, 0.1) is 22.4 Å². The van der Waals surface area contributed by atoms with Gasteiger partial charge in [-0.05, 0) is 25.0 Å². The van der Waals surface area contributed by atoms with Crippen LogP contribution >= 0.6 is 11.6 Å². The van der Waals surface area contributed by atoms with Crippen LogP contribution in [0.25, 0.3) is 0 Å². The maximum atomic E-state index is 12.1. The van der Waals surface area contributed by atoms with Gasteiger partial charge in [0.1, 0.15) is 0 Å². The van der Waals surface area contributed by atoms with Crippen molar-refractivity contribution in [2.24, 2.45) is 5.92 Å². The van der Waals surface area contributed by atoms with Gasteiger partial charge in [-0.25, -0.2) is 0 Å². The van der Waals surface area contributed by atoms with Gasteiger partial charge in [0.25, 0.3) is 5.91 Å². The lowest BCUT2D eigenvalue weighted by molar-refractivity contribution is 0.0827. The number of benzene rings is 1. The molecular formula is C14H19ClN2O2. The van der Waals surface area contributed by atoms with Crippen LogP contribution in [0.4, 0.5) is 5.69 Å². The van der Waals surface area contributed by atoms with Crippen LogP contribution in [-0.4, -0.2) is 25.2 Å². The molecule has 19 heavy (non-hydrogen) atoms. The number of hydrogen-bond acceptors (Lipinski definition) is 3. The molecule has 1 aromatic carbocycles. The Labute approximate surface area is 118 Å². The Morgan fingerprint density at radius 1 is 1.58 bits per heavy atom. The molecule has 1 saturated heterocycles. The predicted molar refractivity (Wildman–Crippen MR) is 76.3 cm³/mol. The topological polar surface area (TPSA) is 64.3 Å². The van der Waals surface area contributed by atoms with Crippen molar-refractivity contribution >= 4 is 23.2 Å². The van der Waals surface area contributed by atoms with Crippen molar-refractivity contribution in [1.29, 1.82) is 0 Å². The molecule has 0 aromatic heterocycles. The van der Waals surface area contributed by atoms with E-state index in [0.717, 1.165) is 19.4 Å². The van der Waals surface area contributed by atoms with E-state index in [1.165, 1.54) is 0 Å². The van der Waals surface area contributed by atoms with E-state index in [2.05, 4.69) is 12.2 Å². The highest BCUT2D eigenvalue weighted by atomic mass is 35.5. The Kier molecular flexibility index (Phi) is 4.66. The van der Waals surface area contributed by atoms with Crippen LogP contribution in [0.5, 0.6) is 0 Å². The molecule has 5 heteroatoms. The molecule has 2 atom stereocenters. The number of nitrogens with one attached hydrogen (secondary N) is 1. The minimum absolute atomic E-state index is 0.179. The first kappa shape index (κ1) is 14.2. The van der Waals surface area contributed by atoms with E-state index in [9.17, 15) is 4.79 Å². The van der Waals surface area contributed by atoms with Gasteiger partial charge in [-0.2, -0.15) is 0 Å². The Morgan fingerprint density at radius 3 is 3.11 bits per heavy atom. The summed E-state index contributed by atoms with van der Waals surface area (Å²) in [5.41, 5.74) is 6.56. The summed E-state index contributed by atoms with van der Waals surface area (Å²) in [7, 11) is 0. The Hall–Kier alpha value is -1.26. The molecule has 2 rings (SSSR count). The fourth-order valence-corrected chi connectivity index (χ4v) is 2.61. The Morgan fingerprint density at radius 2 is 2.37 bits per heavy atom. The zero-order chi connectivity index (χ0) is 13.8. The lowest BCUT2D eigenvalue weighted by Crippen LogP contribution is -2.33. The van der Waals surface area contributed by atoms with Gasteiger partial charge in [0, 0.05) is 19.1 Å². The van der Waals surface area contributed by atoms with E-state index in [-0.39, 0.29) is 12.0 Å². The van der Waals surface area contributed by atoms with E-state index in [0.29, 0.717) is 28.7 Å². The van der Waals surface area contributed by atoms with E-state index >= 15 is 0 Å². The SMILES string of the molecule is CCC1OCCC1CNC(=O)c1cccc(Cl)c1N. The van der Waals surface area contributed by atoms with Gasteiger partial charge in [0.15, 0.2) is 0 Å². The van der Waals surface area contributed by atoms with Crippen LogP contribution < -0.4 is 11.1 Å². The van der Waals surface area contributed by atoms with Crippen molar-refractivity contribution in [3.8, 4) is 0 Å². The normalized spacial score (nSPS) is 22.4. The molecule has 1 aliphatic rings. The van der Waals surface area contributed by atoms with Gasteiger partial charge in [-0.3, -0.25) is 4.79 Å². The molecule has 1 amide bonds. The zero-order valence-corrected chi connectivity index (χ0v) is 11.7. The third-order valence-corrected chi connectivity index (χ3v) is 3.90. The van der Waals surface area contributed by atoms with Gasteiger partial charge < -0.3 is 15.8 Å². The van der Waals surface area contributed by atoms with E-state index in [1.54, 1.807) is 18.2 Å². The summed E-state index contributed by atoms with van der Waals surface area (Å²) in [6.45, 7) is 3.49. The first-order valence-electron chi connectivity index (χ1n) is 6.57. The highest BCUT2D eigenvalue weighted by molar-refractivity contribution is 6.33. The zero-order valence-electron chi connectivity index (χ0n) is 11.0. The maximum Gasteiger partial charge on any atom is 0.253 e. The Balaban J connectivity index is 1.96. The fourth-order valence-electron chi connectivity index (χ4n) is 2.43. The van der Waals surface area contributed by atoms with Crippen molar-refractivity contribution < 1.29 is 9.53 Å². The molecule has 1 heterocycles. The predicted octanol–water partition coefficient (Wildman–Crippen LogP) is 2.47. The number of nitrogen functional groups attached to an aromatic ring is 1. The van der Waals surface area contributed by atoms with Crippen molar-refractivity contribution in [2.75, 3.05) is 18.9 Å². The second kappa shape index (κ2) is 6.26. The summed E-state index contributed by atoms with van der Waals surface area (Å²) in [5, 5.41) is 3.32. The Bertz CT molecular complexity index is 465. The van der Waals surface area contributed by atoms with Crippen molar-refractivity contribution in [1.82, 2.24) is 5.32 Å². The standard InChI is InChI=1S/C14H19ClN2O2/c1-2-12-9(6-7-19-12)8-17-14(18)10-4-3-5-11(15)13(10)16/h3-5,9,12H,2,6-8,16H2,1H3,(H,17,18). The molecular weight excluding hydrogens is 264 g/mol. The third-order valence-electron chi connectivity index (χ3n) is 3.57. The minimum Gasteiger partial charge on any atom is -0.397 e. The van der Waals surface area contributed by atoms with E-state index in [4.69, 9.17) is 22.1 Å². The molecule has 0 saturated carbocycles. The highest BCUT2D eigenvalue weighted by Gasteiger charge is 2.27. The summed E-state index contributed by atoms with van der Waals surface area (Å²) in [4.78, 5) is 12.1. The molecule has 0 radical (unpaired) electrons. The third kappa shape index (κ3) is 3.19. The lowest BCUT2D eigenvalue weighted by atomic mass is 9.99. The number of nitrogens with two attached hydrogens (primary N) is 1. The van der Waals surface area contributed by atoms with Crippen LogP contribution in [0.2, 0.25) is 5.02 Å². The smallest absolute Gasteiger partial charge is 0.253 e. The van der Waals surface area contributed by atoms with Gasteiger partial charge >= 0.3 is 0 Å². The second-order valence-corrected chi connectivity index (χ2v) is 5.18. The minimum atomic E-state index is -0.179. The van der Waals surface area contributed by atoms with Gasteiger partial charge in [-0.15, -0.1) is 0 Å². The summed E-state index contributed by atoms with van der Waals surface area (Å²) in [5.74, 6) is 0.205. The number of ether oxygens (including phenoxy) is 1. The van der Waals surface area contributed by atoms with Gasteiger partial charge in [0.2, 0.25) is 0 Å². The van der Waals surface area contributed by atoms with Crippen molar-refractivity contribution in [3.63, 3.8) is 0 Å². The molecule has 0 spiro atoms. The molecule has 104 valence electrons. The first-order valence-corrected chi connectivity index (χ1v) is 6.95. The maximum absolute atomic E-state index is 12.1. The first-order chi connectivity index (χ1) is 9.13. The fraction of sp³-hybridized carbons (Fsp3) is 0.500. The number of halogens is 1. The number of carbonyl (C=O) groups is 1. The van der Waals surface area contributed by atoms with Crippen LogP contribution in [-0.2, 0) is 4.74 Å². The van der Waals surface area contributed by atoms with Crippen LogP contribution in [0.15, 0.2) is 18.2 Å². The van der Waals surface area contributed by atoms with E-state index in [1.807, 2.05) is 0 Å². The van der Waals surface area contributed by atoms with E-state index < -0.39 is 0 Å². The average molecular weight is 283 g/mol. The number of hydrogen-bond donors (Lipinski definition) is 2. The van der Waals surface area contributed by atoms with Crippen molar-refractivity contribution in [3.05, 3.63) is 28.8 Å². The number of rotatable bonds is 4.